The van der Waals surface area contributed by atoms with Crippen LogP contribution in [0.2, 0.25) is 0 Å². The van der Waals surface area contributed by atoms with Crippen LogP contribution in [0, 0.1) is 0 Å². The van der Waals surface area contributed by atoms with E-state index in [9.17, 15) is 0 Å². The highest BCUT2D eigenvalue weighted by atomic mass is 79.9. The van der Waals surface area contributed by atoms with Gasteiger partial charge in [0.05, 0.1) is 0 Å². The Labute approximate surface area is 119 Å². The van der Waals surface area contributed by atoms with Crippen molar-refractivity contribution in [1.82, 2.24) is 4.90 Å². The fraction of sp³-hybridized carbons (Fsp3) is 0.571. The lowest BCUT2D eigenvalue weighted by Crippen LogP contribution is -2.33. The first-order valence-electron chi connectivity index (χ1n) is 6.61. The third-order valence-electron chi connectivity index (χ3n) is 3.88. The Hall–Kier alpha value is -0.475. The molecular formula is C14H20BBrN2. The third-order valence-corrected chi connectivity index (χ3v) is 4.34. The molecule has 0 heterocycles. The molecule has 1 aromatic carbocycles. The second kappa shape index (κ2) is 6.11. The van der Waals surface area contributed by atoms with Crippen molar-refractivity contribution < 1.29 is 0 Å². The van der Waals surface area contributed by atoms with Crippen molar-refractivity contribution in [2.45, 2.75) is 44.7 Å². The summed E-state index contributed by atoms with van der Waals surface area (Å²) in [7, 11) is 8.09. The Balaban J connectivity index is 2.08. The van der Waals surface area contributed by atoms with E-state index in [1.165, 1.54) is 32.1 Å². The third kappa shape index (κ3) is 3.30. The van der Waals surface area contributed by atoms with Crippen LogP contribution in [-0.2, 0) is 6.54 Å². The minimum Gasteiger partial charge on any atom is -0.399 e. The molecule has 4 heteroatoms. The fourth-order valence-corrected chi connectivity index (χ4v) is 3.27. The molecule has 0 spiro atoms. The summed E-state index contributed by atoms with van der Waals surface area (Å²) >= 11 is 3.48. The van der Waals surface area contributed by atoms with E-state index < -0.39 is 0 Å². The highest BCUT2D eigenvalue weighted by Crippen LogP contribution is 2.24. The summed E-state index contributed by atoms with van der Waals surface area (Å²) in [5.74, 6) is 0. The lowest BCUT2D eigenvalue weighted by molar-refractivity contribution is 0.185. The van der Waals surface area contributed by atoms with Crippen LogP contribution in [0.15, 0.2) is 16.6 Å². The molecular weight excluding hydrogens is 287 g/mol. The maximum Gasteiger partial charge on any atom is 0.116 e. The Morgan fingerprint density at radius 3 is 2.67 bits per heavy atom. The van der Waals surface area contributed by atoms with Gasteiger partial charge in [0.1, 0.15) is 7.85 Å². The van der Waals surface area contributed by atoms with Crippen LogP contribution in [0.5, 0.6) is 0 Å². The van der Waals surface area contributed by atoms with E-state index >= 15 is 0 Å². The standard InChI is InChI=1S/C14H20BBrN2/c1-18(12-5-3-2-4-6-12)9-10-7-11(16)8-13(15)14(10)17/h7-8,12H,2-6,9,17H2,1H3. The van der Waals surface area contributed by atoms with Gasteiger partial charge < -0.3 is 5.73 Å². The number of rotatable bonds is 3. The van der Waals surface area contributed by atoms with E-state index in [1.807, 2.05) is 6.07 Å². The molecule has 0 aliphatic heterocycles. The first-order chi connectivity index (χ1) is 8.58. The van der Waals surface area contributed by atoms with Crippen LogP contribution in [0.4, 0.5) is 5.69 Å². The van der Waals surface area contributed by atoms with Gasteiger partial charge in [0.15, 0.2) is 0 Å². The number of hydrogen-bond donors (Lipinski definition) is 1. The molecule has 96 valence electrons. The van der Waals surface area contributed by atoms with Crippen molar-refractivity contribution in [2.24, 2.45) is 0 Å². The molecule has 1 aliphatic carbocycles. The molecule has 0 unspecified atom stereocenters. The summed E-state index contributed by atoms with van der Waals surface area (Å²) in [6.45, 7) is 0.875. The minimum absolute atomic E-state index is 0.663. The summed E-state index contributed by atoms with van der Waals surface area (Å²) in [6, 6.07) is 4.63. The average Bonchev–Trinajstić information content (AvgIpc) is 2.36. The van der Waals surface area contributed by atoms with Crippen molar-refractivity contribution in [3.05, 3.63) is 22.2 Å². The Kier molecular flexibility index (Phi) is 4.74. The normalized spacial score (nSPS) is 17.3. The smallest absolute Gasteiger partial charge is 0.116 e. The highest BCUT2D eigenvalue weighted by molar-refractivity contribution is 9.10. The van der Waals surface area contributed by atoms with Crippen molar-refractivity contribution in [2.75, 3.05) is 12.8 Å². The molecule has 18 heavy (non-hydrogen) atoms. The summed E-state index contributed by atoms with van der Waals surface area (Å²) in [5, 5.41) is 0. The zero-order valence-electron chi connectivity index (χ0n) is 11.0. The van der Waals surface area contributed by atoms with Gasteiger partial charge >= 0.3 is 0 Å². The van der Waals surface area contributed by atoms with E-state index in [-0.39, 0.29) is 0 Å². The van der Waals surface area contributed by atoms with E-state index in [0.717, 1.165) is 22.3 Å². The first-order valence-corrected chi connectivity index (χ1v) is 7.41. The first kappa shape index (κ1) is 13.9. The predicted octanol–water partition coefficient (Wildman–Crippen LogP) is 2.59. The van der Waals surface area contributed by atoms with Crippen LogP contribution in [0.25, 0.3) is 0 Å². The van der Waals surface area contributed by atoms with Gasteiger partial charge in [-0.2, -0.15) is 0 Å². The molecule has 1 aromatic rings. The highest BCUT2D eigenvalue weighted by Gasteiger charge is 2.18. The lowest BCUT2D eigenvalue weighted by atomic mass is 9.91. The molecule has 0 bridgehead atoms. The Morgan fingerprint density at radius 2 is 2.00 bits per heavy atom. The van der Waals surface area contributed by atoms with Gasteiger partial charge in [-0.3, -0.25) is 4.90 Å². The minimum atomic E-state index is 0.663. The number of halogens is 1. The molecule has 0 saturated heterocycles. The van der Waals surface area contributed by atoms with Crippen LogP contribution < -0.4 is 11.2 Å². The molecule has 1 fully saturated rings. The van der Waals surface area contributed by atoms with Crippen molar-refractivity contribution in [1.29, 1.82) is 0 Å². The number of benzene rings is 1. The fourth-order valence-electron chi connectivity index (χ4n) is 2.75. The second-order valence-corrected chi connectivity index (χ2v) is 6.19. The molecule has 2 radical (unpaired) electrons. The van der Waals surface area contributed by atoms with Crippen LogP contribution in [-0.4, -0.2) is 25.8 Å². The number of nitrogens with two attached hydrogens (primary N) is 1. The van der Waals surface area contributed by atoms with Crippen molar-refractivity contribution in [3.8, 4) is 0 Å². The lowest BCUT2D eigenvalue weighted by Gasteiger charge is -2.31. The largest absolute Gasteiger partial charge is 0.399 e. The molecule has 2 nitrogen and oxygen atoms in total. The number of anilines is 1. The molecule has 1 saturated carbocycles. The molecule has 2 N–H and O–H groups in total. The molecule has 0 amide bonds. The van der Waals surface area contributed by atoms with Gasteiger partial charge in [-0.1, -0.05) is 46.7 Å². The predicted molar refractivity (Wildman–Crippen MR) is 82.3 cm³/mol. The number of hydrogen-bond acceptors (Lipinski definition) is 2. The quantitative estimate of drug-likeness (QED) is 0.687. The van der Waals surface area contributed by atoms with Crippen molar-refractivity contribution >= 4 is 34.9 Å². The summed E-state index contributed by atoms with van der Waals surface area (Å²) in [4.78, 5) is 2.41. The van der Waals surface area contributed by atoms with Crippen LogP contribution in [0.3, 0.4) is 0 Å². The van der Waals surface area contributed by atoms with E-state index in [2.05, 4.69) is 33.9 Å². The van der Waals surface area contributed by atoms with Gasteiger partial charge in [-0.25, -0.2) is 0 Å². The maximum atomic E-state index is 6.06. The average molecular weight is 307 g/mol. The topological polar surface area (TPSA) is 29.3 Å². The van der Waals surface area contributed by atoms with Crippen LogP contribution >= 0.6 is 15.9 Å². The zero-order chi connectivity index (χ0) is 13.1. The van der Waals surface area contributed by atoms with Crippen molar-refractivity contribution in [3.63, 3.8) is 0 Å². The molecule has 0 aromatic heterocycles. The molecule has 0 atom stereocenters. The summed E-state index contributed by atoms with van der Waals surface area (Å²) in [5.41, 5.74) is 8.56. The van der Waals surface area contributed by atoms with Gasteiger partial charge in [-0.15, -0.1) is 0 Å². The summed E-state index contributed by atoms with van der Waals surface area (Å²) < 4.78 is 1.00. The zero-order valence-corrected chi connectivity index (χ0v) is 12.5. The van der Waals surface area contributed by atoms with Gasteiger partial charge in [0.2, 0.25) is 0 Å². The van der Waals surface area contributed by atoms with Crippen LogP contribution in [0.1, 0.15) is 37.7 Å². The Bertz CT molecular complexity index is 417. The maximum absolute atomic E-state index is 6.06. The van der Waals surface area contributed by atoms with E-state index in [1.54, 1.807) is 0 Å². The van der Waals surface area contributed by atoms with Gasteiger partial charge in [0.25, 0.3) is 0 Å². The molecule has 2 rings (SSSR count). The van der Waals surface area contributed by atoms with E-state index in [0.29, 0.717) is 11.5 Å². The monoisotopic (exact) mass is 306 g/mol. The van der Waals surface area contributed by atoms with Gasteiger partial charge in [-0.05, 0) is 31.5 Å². The Morgan fingerprint density at radius 1 is 1.33 bits per heavy atom. The number of nitrogen functional groups attached to an aromatic ring is 1. The van der Waals surface area contributed by atoms with Gasteiger partial charge in [0, 0.05) is 22.7 Å². The summed E-state index contributed by atoms with van der Waals surface area (Å²) in [6.07, 6.45) is 6.70. The molecule has 1 aliphatic rings. The van der Waals surface area contributed by atoms with E-state index in [4.69, 9.17) is 13.6 Å². The second-order valence-electron chi connectivity index (χ2n) is 5.27. The SMILES string of the molecule is [B]c1cc(Br)cc(CN(C)C2CCCCC2)c1N. The number of nitrogens with zero attached hydrogens (tertiary/aromatic N) is 1.